The molecule has 0 saturated carbocycles. The van der Waals surface area contributed by atoms with Crippen LogP contribution in [0.5, 0.6) is 0 Å². The molecule has 24 heavy (non-hydrogen) atoms. The first-order valence-corrected chi connectivity index (χ1v) is 9.41. The fourth-order valence-electron chi connectivity index (χ4n) is 2.95. The Kier molecular flexibility index (Phi) is 8.47. The van der Waals surface area contributed by atoms with E-state index < -0.39 is 6.23 Å². The highest BCUT2D eigenvalue weighted by molar-refractivity contribution is 5.56. The van der Waals surface area contributed by atoms with Crippen LogP contribution in [0, 0.1) is 0 Å². The van der Waals surface area contributed by atoms with Gasteiger partial charge in [-0.3, -0.25) is 4.98 Å². The third-order valence-corrected chi connectivity index (χ3v) is 4.47. The average Bonchev–Trinajstić information content (AvgIpc) is 2.64. The molecule has 1 unspecified atom stereocenters. The van der Waals surface area contributed by atoms with Crippen LogP contribution in [0.2, 0.25) is 0 Å². The van der Waals surface area contributed by atoms with Gasteiger partial charge in [0.05, 0.1) is 5.69 Å². The Morgan fingerprint density at radius 3 is 2.21 bits per heavy atom. The molecule has 0 radical (unpaired) electrons. The van der Waals surface area contributed by atoms with Crippen molar-refractivity contribution in [3.8, 4) is 11.3 Å². The van der Waals surface area contributed by atoms with Crippen molar-refractivity contribution in [1.82, 2.24) is 4.98 Å². The molecule has 0 aliphatic rings. The van der Waals surface area contributed by atoms with Crippen molar-refractivity contribution in [2.75, 3.05) is 0 Å². The van der Waals surface area contributed by atoms with E-state index in [9.17, 15) is 5.11 Å². The largest absolute Gasteiger partial charge is 0.337 e. The highest BCUT2D eigenvalue weighted by Gasteiger charge is 2.13. The lowest BCUT2D eigenvalue weighted by molar-refractivity contribution is -0.760. The quantitative estimate of drug-likeness (QED) is 0.463. The van der Waals surface area contributed by atoms with E-state index in [1.807, 2.05) is 47.3 Å². The van der Waals surface area contributed by atoms with Crippen molar-refractivity contribution in [2.24, 2.45) is 0 Å². The third kappa shape index (κ3) is 6.40. The molecule has 2 aromatic heterocycles. The summed E-state index contributed by atoms with van der Waals surface area (Å²) < 4.78 is 1.88. The monoisotopic (exact) mass is 327 g/mol. The Labute approximate surface area is 146 Å². The van der Waals surface area contributed by atoms with Crippen molar-refractivity contribution >= 4 is 0 Å². The lowest BCUT2D eigenvalue weighted by Gasteiger charge is -2.07. The van der Waals surface area contributed by atoms with Gasteiger partial charge in [0.15, 0.2) is 12.4 Å². The summed E-state index contributed by atoms with van der Waals surface area (Å²) in [5.74, 6) is 0. The minimum atomic E-state index is -0.428. The van der Waals surface area contributed by atoms with Crippen LogP contribution in [0.3, 0.4) is 0 Å². The van der Waals surface area contributed by atoms with Crippen LogP contribution in [-0.2, 0) is 0 Å². The maximum absolute atomic E-state index is 10.3. The van der Waals surface area contributed by atoms with Crippen molar-refractivity contribution in [2.45, 2.75) is 70.9 Å². The molecule has 0 spiro atoms. The zero-order valence-electron chi connectivity index (χ0n) is 14.9. The fourth-order valence-corrected chi connectivity index (χ4v) is 2.95. The van der Waals surface area contributed by atoms with E-state index in [1.54, 1.807) is 6.20 Å². The fraction of sp³-hybridized carbons (Fsp3) is 0.524. The number of hydrogen-bond acceptors (Lipinski definition) is 2. The lowest BCUT2D eigenvalue weighted by Crippen LogP contribution is -2.38. The summed E-state index contributed by atoms with van der Waals surface area (Å²) in [6, 6.07) is 9.93. The van der Waals surface area contributed by atoms with Gasteiger partial charge in [0.25, 0.3) is 6.23 Å². The number of pyridine rings is 2. The van der Waals surface area contributed by atoms with Gasteiger partial charge < -0.3 is 5.11 Å². The zero-order chi connectivity index (χ0) is 17.0. The number of unbranched alkanes of at least 4 members (excludes halogenated alkanes) is 7. The number of rotatable bonds is 11. The summed E-state index contributed by atoms with van der Waals surface area (Å²) in [7, 11) is 0. The van der Waals surface area contributed by atoms with Gasteiger partial charge in [-0.1, -0.05) is 57.9 Å². The highest BCUT2D eigenvalue weighted by Crippen LogP contribution is 2.15. The lowest BCUT2D eigenvalue weighted by atomic mass is 10.1. The summed E-state index contributed by atoms with van der Waals surface area (Å²) in [4.78, 5) is 4.35. The van der Waals surface area contributed by atoms with E-state index in [2.05, 4.69) is 11.9 Å². The van der Waals surface area contributed by atoms with E-state index in [1.165, 1.54) is 44.9 Å². The molecule has 0 fully saturated rings. The molecule has 3 heteroatoms. The predicted octanol–water partition coefficient (Wildman–Crippen LogP) is 5.06. The number of aliphatic hydroxyl groups is 1. The van der Waals surface area contributed by atoms with Gasteiger partial charge >= 0.3 is 0 Å². The molecule has 0 aliphatic carbocycles. The predicted molar refractivity (Wildman–Crippen MR) is 98.4 cm³/mol. The van der Waals surface area contributed by atoms with Crippen LogP contribution < -0.4 is 4.57 Å². The second kappa shape index (κ2) is 10.9. The van der Waals surface area contributed by atoms with Crippen LogP contribution >= 0.6 is 0 Å². The molecule has 0 amide bonds. The van der Waals surface area contributed by atoms with Crippen LogP contribution in [-0.4, -0.2) is 10.1 Å². The SMILES string of the molecule is CCCCCCCCCCC(O)[n+]1ccc(-c2ccccn2)cc1. The molecule has 0 bridgehead atoms. The standard InChI is InChI=1S/C21H31N2O/c1-2-3-4-5-6-7-8-9-13-21(24)23-17-14-19(15-18-23)20-12-10-11-16-22-20/h10-12,14-18,21,24H,2-9,13H2,1H3/q+1. The van der Waals surface area contributed by atoms with Gasteiger partial charge in [-0.15, -0.1) is 0 Å². The summed E-state index contributed by atoms with van der Waals surface area (Å²) >= 11 is 0. The summed E-state index contributed by atoms with van der Waals surface area (Å²) in [5, 5.41) is 10.3. The minimum absolute atomic E-state index is 0.428. The molecule has 0 aliphatic heterocycles. The van der Waals surface area contributed by atoms with Crippen LogP contribution in [0.4, 0.5) is 0 Å². The first kappa shape index (κ1) is 18.6. The van der Waals surface area contributed by atoms with Crippen LogP contribution in [0.15, 0.2) is 48.9 Å². The molecular weight excluding hydrogens is 296 g/mol. The maximum atomic E-state index is 10.3. The molecule has 3 nitrogen and oxygen atoms in total. The Balaban J connectivity index is 1.68. The van der Waals surface area contributed by atoms with E-state index in [-0.39, 0.29) is 0 Å². The van der Waals surface area contributed by atoms with Gasteiger partial charge in [0.1, 0.15) is 0 Å². The van der Waals surface area contributed by atoms with E-state index in [4.69, 9.17) is 0 Å². The average molecular weight is 327 g/mol. The van der Waals surface area contributed by atoms with E-state index in [0.717, 1.165) is 24.1 Å². The minimum Gasteiger partial charge on any atom is -0.337 e. The first-order chi connectivity index (χ1) is 11.8. The number of nitrogens with zero attached hydrogens (tertiary/aromatic N) is 2. The second-order valence-electron chi connectivity index (χ2n) is 6.49. The van der Waals surface area contributed by atoms with Crippen molar-refractivity contribution in [3.05, 3.63) is 48.9 Å². The van der Waals surface area contributed by atoms with Gasteiger partial charge in [-0.05, 0) is 18.6 Å². The number of aliphatic hydroxyl groups excluding tert-OH is 1. The van der Waals surface area contributed by atoms with Gasteiger partial charge in [-0.25, -0.2) is 0 Å². The maximum Gasteiger partial charge on any atom is 0.259 e. The van der Waals surface area contributed by atoms with Crippen LogP contribution in [0.25, 0.3) is 11.3 Å². The Hall–Kier alpha value is -1.74. The van der Waals surface area contributed by atoms with Crippen molar-refractivity contribution in [3.63, 3.8) is 0 Å². The second-order valence-corrected chi connectivity index (χ2v) is 6.49. The Morgan fingerprint density at radius 2 is 1.58 bits per heavy atom. The van der Waals surface area contributed by atoms with Crippen molar-refractivity contribution < 1.29 is 9.67 Å². The molecule has 0 aromatic carbocycles. The zero-order valence-corrected chi connectivity index (χ0v) is 14.9. The Morgan fingerprint density at radius 1 is 0.917 bits per heavy atom. The van der Waals surface area contributed by atoms with E-state index >= 15 is 0 Å². The Bertz CT molecular complexity index is 554. The third-order valence-electron chi connectivity index (χ3n) is 4.47. The molecule has 2 heterocycles. The van der Waals surface area contributed by atoms with Gasteiger partial charge in [0.2, 0.25) is 0 Å². The molecule has 1 N–H and O–H groups in total. The molecule has 2 aromatic rings. The summed E-state index contributed by atoms with van der Waals surface area (Å²) in [5.41, 5.74) is 2.04. The first-order valence-electron chi connectivity index (χ1n) is 9.41. The smallest absolute Gasteiger partial charge is 0.259 e. The normalized spacial score (nSPS) is 12.2. The molecule has 1 atom stereocenters. The topological polar surface area (TPSA) is 37.0 Å². The molecular formula is C21H31N2O+. The van der Waals surface area contributed by atoms with Gasteiger partial charge in [0, 0.05) is 30.3 Å². The van der Waals surface area contributed by atoms with Gasteiger partial charge in [-0.2, -0.15) is 4.57 Å². The number of hydrogen-bond donors (Lipinski definition) is 1. The molecule has 0 saturated heterocycles. The van der Waals surface area contributed by atoms with E-state index in [0.29, 0.717) is 0 Å². The summed E-state index contributed by atoms with van der Waals surface area (Å²) in [6.45, 7) is 2.25. The molecule has 2 rings (SSSR count). The highest BCUT2D eigenvalue weighted by atomic mass is 16.3. The summed E-state index contributed by atoms with van der Waals surface area (Å²) in [6.07, 6.45) is 16.4. The molecule has 130 valence electrons. The number of aromatic nitrogens is 2. The van der Waals surface area contributed by atoms with Crippen molar-refractivity contribution in [1.29, 1.82) is 0 Å². The van der Waals surface area contributed by atoms with Crippen LogP contribution in [0.1, 0.15) is 70.9 Å².